The number of hydrogen-bond donors (Lipinski definition) is 1. The number of carbonyl (C=O) groups excluding carboxylic acids is 2. The molecule has 0 spiro atoms. The smallest absolute Gasteiger partial charge is 0.197 e. The van der Waals surface area contributed by atoms with Crippen molar-refractivity contribution >= 4 is 11.6 Å². The van der Waals surface area contributed by atoms with Crippen molar-refractivity contribution in [2.45, 2.75) is 13.3 Å². The van der Waals surface area contributed by atoms with Crippen molar-refractivity contribution in [2.24, 2.45) is 0 Å². The minimum Gasteiger partial charge on any atom is -0.358 e. The quantitative estimate of drug-likeness (QED) is 0.733. The van der Waals surface area contributed by atoms with Gasteiger partial charge >= 0.3 is 0 Å². The largest absolute Gasteiger partial charge is 0.358 e. The molecule has 0 bridgehead atoms. The third-order valence-electron chi connectivity index (χ3n) is 3.59. The fourth-order valence-corrected chi connectivity index (χ4v) is 2.36. The van der Waals surface area contributed by atoms with Crippen molar-refractivity contribution in [2.75, 3.05) is 0 Å². The van der Waals surface area contributed by atoms with Gasteiger partial charge in [0.1, 0.15) is 12.1 Å². The molecule has 0 aliphatic heterocycles. The lowest BCUT2D eigenvalue weighted by Crippen LogP contribution is -2.05. The van der Waals surface area contributed by atoms with Gasteiger partial charge in [0.2, 0.25) is 0 Å². The lowest BCUT2D eigenvalue weighted by molar-refractivity contribution is 0.0988. The van der Waals surface area contributed by atoms with Crippen LogP contribution in [0.1, 0.15) is 37.5 Å². The van der Waals surface area contributed by atoms with Gasteiger partial charge in [-0.1, -0.05) is 11.6 Å². The van der Waals surface area contributed by atoms with Gasteiger partial charge in [0.15, 0.2) is 11.6 Å². The first kappa shape index (κ1) is 15.7. The number of nitrogens with one attached hydrogen (secondary N) is 1. The molecule has 6 heteroatoms. The summed E-state index contributed by atoms with van der Waals surface area (Å²) in [6.07, 6.45) is 6.03. The highest BCUT2D eigenvalue weighted by Gasteiger charge is 2.18. The maximum atomic E-state index is 13.8. The van der Waals surface area contributed by atoms with Crippen LogP contribution in [0.2, 0.25) is 0 Å². The van der Waals surface area contributed by atoms with E-state index in [1.54, 1.807) is 25.4 Å². The lowest BCUT2D eigenvalue weighted by atomic mass is 10.0. The van der Waals surface area contributed by atoms with E-state index in [4.69, 9.17) is 0 Å². The highest BCUT2D eigenvalue weighted by molar-refractivity contribution is 6.10. The molecule has 3 aromatic rings. The number of rotatable bonds is 5. The van der Waals surface area contributed by atoms with Crippen molar-refractivity contribution in [3.8, 4) is 0 Å². The van der Waals surface area contributed by atoms with E-state index in [1.165, 1.54) is 30.7 Å². The number of hydrogen-bond acceptors (Lipinski definition) is 4. The van der Waals surface area contributed by atoms with Gasteiger partial charge in [-0.3, -0.25) is 9.59 Å². The average Bonchev–Trinajstić information content (AvgIpc) is 3.07. The molecular weight excluding hydrogens is 309 g/mol. The van der Waals surface area contributed by atoms with Crippen LogP contribution < -0.4 is 0 Å². The summed E-state index contributed by atoms with van der Waals surface area (Å²) in [6.45, 7) is 1.78. The van der Waals surface area contributed by atoms with E-state index in [2.05, 4.69) is 15.0 Å². The number of ketones is 2. The third-order valence-corrected chi connectivity index (χ3v) is 3.59. The van der Waals surface area contributed by atoms with Crippen LogP contribution in [0.4, 0.5) is 4.39 Å². The van der Waals surface area contributed by atoms with Crippen LogP contribution in [0.15, 0.2) is 49.2 Å². The second kappa shape index (κ2) is 6.54. The molecule has 0 radical (unpaired) electrons. The average molecular weight is 323 g/mol. The van der Waals surface area contributed by atoms with E-state index in [0.717, 1.165) is 5.56 Å². The highest BCUT2D eigenvalue weighted by Crippen LogP contribution is 2.17. The van der Waals surface area contributed by atoms with Crippen LogP contribution >= 0.6 is 0 Å². The van der Waals surface area contributed by atoms with Crippen molar-refractivity contribution < 1.29 is 14.0 Å². The summed E-state index contributed by atoms with van der Waals surface area (Å²) in [5.41, 5.74) is 1.98. The first-order chi connectivity index (χ1) is 11.5. The van der Waals surface area contributed by atoms with Crippen molar-refractivity contribution in [1.29, 1.82) is 0 Å². The fourth-order valence-electron chi connectivity index (χ4n) is 2.36. The van der Waals surface area contributed by atoms with Crippen LogP contribution in [-0.2, 0) is 6.42 Å². The standard InChI is InChI=1S/C18H14FN3O2/c1-11-2-3-15(19)14(4-11)18(24)13-6-16(22-9-13)17(23)5-12-7-20-10-21-8-12/h2-4,6-10,22H,5H2,1H3. The summed E-state index contributed by atoms with van der Waals surface area (Å²) in [6, 6.07) is 5.79. The number of benzene rings is 1. The van der Waals surface area contributed by atoms with Crippen LogP contribution in [0.5, 0.6) is 0 Å². The number of carbonyl (C=O) groups is 2. The number of aryl methyl sites for hydroxylation is 1. The van der Waals surface area contributed by atoms with Gasteiger partial charge in [-0.25, -0.2) is 14.4 Å². The Morgan fingerprint density at radius 1 is 1.17 bits per heavy atom. The molecule has 0 aliphatic carbocycles. The van der Waals surface area contributed by atoms with Gasteiger partial charge < -0.3 is 4.98 Å². The van der Waals surface area contributed by atoms with E-state index < -0.39 is 11.6 Å². The molecule has 24 heavy (non-hydrogen) atoms. The topological polar surface area (TPSA) is 75.7 Å². The molecule has 1 aromatic carbocycles. The Morgan fingerprint density at radius 2 is 1.92 bits per heavy atom. The van der Waals surface area contributed by atoms with Crippen molar-refractivity contribution in [3.63, 3.8) is 0 Å². The van der Waals surface area contributed by atoms with Crippen LogP contribution in [0.25, 0.3) is 0 Å². The normalized spacial score (nSPS) is 10.6. The molecule has 0 aliphatic rings. The Bertz CT molecular complexity index is 904. The predicted octanol–water partition coefficient (Wildman–Crippen LogP) is 2.91. The maximum absolute atomic E-state index is 13.8. The monoisotopic (exact) mass is 323 g/mol. The van der Waals surface area contributed by atoms with Gasteiger partial charge in [-0.05, 0) is 30.7 Å². The molecule has 0 amide bonds. The second-order valence-electron chi connectivity index (χ2n) is 5.46. The third kappa shape index (κ3) is 3.27. The molecule has 5 nitrogen and oxygen atoms in total. The van der Waals surface area contributed by atoms with Gasteiger partial charge in [-0.2, -0.15) is 0 Å². The predicted molar refractivity (Wildman–Crippen MR) is 85.4 cm³/mol. The first-order valence-electron chi connectivity index (χ1n) is 7.31. The maximum Gasteiger partial charge on any atom is 0.197 e. The SMILES string of the molecule is Cc1ccc(F)c(C(=O)c2c[nH]c(C(=O)Cc3cncnc3)c2)c1. The zero-order chi connectivity index (χ0) is 17.1. The molecule has 2 aromatic heterocycles. The molecule has 2 heterocycles. The summed E-state index contributed by atoms with van der Waals surface area (Å²) >= 11 is 0. The molecular formula is C18H14FN3O2. The Kier molecular flexibility index (Phi) is 4.29. The Balaban J connectivity index is 1.81. The van der Waals surface area contributed by atoms with Gasteiger partial charge in [0.25, 0.3) is 0 Å². The zero-order valence-electron chi connectivity index (χ0n) is 12.9. The summed E-state index contributed by atoms with van der Waals surface area (Å²) < 4.78 is 13.8. The highest BCUT2D eigenvalue weighted by atomic mass is 19.1. The van der Waals surface area contributed by atoms with Crippen LogP contribution in [0, 0.1) is 12.7 Å². The number of halogens is 1. The number of aromatic nitrogens is 3. The minimum atomic E-state index is -0.582. The van der Waals surface area contributed by atoms with E-state index in [0.29, 0.717) is 5.56 Å². The molecule has 0 atom stereocenters. The van der Waals surface area contributed by atoms with Gasteiger partial charge in [0, 0.05) is 30.6 Å². The van der Waals surface area contributed by atoms with E-state index in [9.17, 15) is 14.0 Å². The summed E-state index contributed by atoms with van der Waals surface area (Å²) in [5, 5.41) is 0. The first-order valence-corrected chi connectivity index (χ1v) is 7.31. The Hall–Kier alpha value is -3.15. The molecule has 120 valence electrons. The number of nitrogens with zero attached hydrogens (tertiary/aromatic N) is 2. The van der Waals surface area contributed by atoms with E-state index >= 15 is 0 Å². The number of aromatic amines is 1. The Morgan fingerprint density at radius 3 is 2.67 bits per heavy atom. The van der Waals surface area contributed by atoms with Crippen molar-refractivity contribution in [1.82, 2.24) is 15.0 Å². The van der Waals surface area contributed by atoms with Crippen LogP contribution in [-0.4, -0.2) is 26.5 Å². The molecule has 0 unspecified atom stereocenters. The zero-order valence-corrected chi connectivity index (χ0v) is 12.9. The summed E-state index contributed by atoms with van der Waals surface area (Å²) in [4.78, 5) is 35.1. The second-order valence-corrected chi connectivity index (χ2v) is 5.46. The minimum absolute atomic E-state index is 0.00976. The summed E-state index contributed by atoms with van der Waals surface area (Å²) in [7, 11) is 0. The Labute approximate surface area is 137 Å². The van der Waals surface area contributed by atoms with Crippen LogP contribution in [0.3, 0.4) is 0 Å². The summed E-state index contributed by atoms with van der Waals surface area (Å²) in [5.74, 6) is -1.25. The number of H-pyrrole nitrogens is 1. The molecule has 0 fully saturated rings. The fraction of sp³-hybridized carbons (Fsp3) is 0.111. The number of Topliss-reactive ketones (excluding diaryl/α,β-unsaturated/α-hetero) is 1. The molecule has 0 saturated carbocycles. The van der Waals surface area contributed by atoms with E-state index in [-0.39, 0.29) is 29.0 Å². The van der Waals surface area contributed by atoms with E-state index in [1.807, 2.05) is 0 Å². The molecule has 1 N–H and O–H groups in total. The molecule has 3 rings (SSSR count). The van der Waals surface area contributed by atoms with Crippen molar-refractivity contribution in [3.05, 3.63) is 82.9 Å². The lowest BCUT2D eigenvalue weighted by Gasteiger charge is -2.02. The van der Waals surface area contributed by atoms with Gasteiger partial charge in [0.05, 0.1) is 11.3 Å². The van der Waals surface area contributed by atoms with Gasteiger partial charge in [-0.15, -0.1) is 0 Å². The molecule has 0 saturated heterocycles.